The maximum absolute atomic E-state index is 11.9. The fraction of sp³-hybridized carbons (Fsp3) is 0.615. The van der Waals surface area contributed by atoms with Gasteiger partial charge >= 0.3 is 11.9 Å². The second-order valence-corrected chi connectivity index (χ2v) is 6.05. The first-order valence-corrected chi connectivity index (χ1v) is 8.15. The number of carboxylic acids is 2. The molecule has 0 rings (SSSR count). The third-order valence-corrected chi connectivity index (χ3v) is 3.92. The van der Waals surface area contributed by atoms with Crippen LogP contribution in [0.5, 0.6) is 0 Å². The second kappa shape index (κ2) is 13.7. The highest BCUT2D eigenvalue weighted by atomic mass is 32.2. The van der Waals surface area contributed by atoms with Crippen molar-refractivity contribution >= 4 is 63.7 Å². The summed E-state index contributed by atoms with van der Waals surface area (Å²) in [4.78, 5) is 56.2. The molecule has 0 heterocycles. The Hall–Kier alpha value is -1.41. The van der Waals surface area contributed by atoms with Crippen molar-refractivity contribution in [2.75, 3.05) is 12.3 Å². The van der Waals surface area contributed by atoms with Crippen LogP contribution in [0.15, 0.2) is 0 Å². The molecule has 0 aliphatic heterocycles. The van der Waals surface area contributed by atoms with Crippen LogP contribution < -0.4 is 16.4 Å². The lowest BCUT2D eigenvalue weighted by Crippen LogP contribution is -2.49. The van der Waals surface area contributed by atoms with Gasteiger partial charge in [-0.1, -0.05) is 11.8 Å². The number of hydrogen-bond donors (Lipinski definition) is 6. The summed E-state index contributed by atoms with van der Waals surface area (Å²) in [6.45, 7) is 0.560. The Morgan fingerprint density at radius 1 is 1.15 bits per heavy atom. The van der Waals surface area contributed by atoms with Gasteiger partial charge in [0.25, 0.3) is 0 Å². The quantitative estimate of drug-likeness (QED) is 0.195. The smallest absolute Gasteiger partial charge is 0.322 e. The fourth-order valence-electron chi connectivity index (χ4n) is 1.43. The van der Waals surface area contributed by atoms with Crippen molar-refractivity contribution in [3.05, 3.63) is 0 Å². The highest BCUT2D eigenvalue weighted by Gasteiger charge is 2.24. The molecule has 26 heavy (non-hydrogen) atoms. The molecule has 13 heteroatoms. The Kier molecular flexibility index (Phi) is 14.2. The highest BCUT2D eigenvalue weighted by molar-refractivity contribution is 8.13. The lowest BCUT2D eigenvalue weighted by molar-refractivity contribution is -0.139. The molecule has 2 amide bonds. The summed E-state index contributed by atoms with van der Waals surface area (Å²) < 4.78 is 0. The number of thioether (sulfide) groups is 1. The van der Waals surface area contributed by atoms with Crippen LogP contribution in [0.25, 0.3) is 0 Å². The lowest BCUT2D eigenvalue weighted by Gasteiger charge is -2.18. The predicted molar refractivity (Wildman–Crippen MR) is 92.3 cm³/mol. The highest BCUT2D eigenvalue weighted by Crippen LogP contribution is 2.08. The molecule has 2 radical (unpaired) electrons. The van der Waals surface area contributed by atoms with Crippen molar-refractivity contribution in [1.29, 1.82) is 0 Å². The molecule has 0 fully saturated rings. The Bertz CT molecular complexity index is 532. The molecule has 11 nitrogen and oxygen atoms in total. The van der Waals surface area contributed by atoms with Crippen molar-refractivity contribution in [3.63, 3.8) is 0 Å². The van der Waals surface area contributed by atoms with Gasteiger partial charge in [-0.2, -0.15) is 0 Å². The van der Waals surface area contributed by atoms with Crippen LogP contribution in [0.2, 0.25) is 0 Å². The van der Waals surface area contributed by atoms with Crippen molar-refractivity contribution in [3.8, 4) is 0 Å². The molecule has 0 saturated heterocycles. The molecule has 3 atom stereocenters. The zero-order chi connectivity index (χ0) is 19.6. The number of carboxylic acid groups (broad SMARTS) is 2. The van der Waals surface area contributed by atoms with E-state index in [1.807, 2.05) is 0 Å². The topological polar surface area (TPSA) is 196 Å². The molecule has 7 N–H and O–H groups in total. The number of hydrogen-bond acceptors (Lipinski definition) is 8. The fourth-order valence-corrected chi connectivity index (χ4v) is 2.24. The van der Waals surface area contributed by atoms with Crippen LogP contribution in [-0.4, -0.2) is 97.7 Å². The van der Waals surface area contributed by atoms with Crippen molar-refractivity contribution in [2.24, 2.45) is 5.73 Å². The number of aliphatic hydroxyl groups excluding tert-OH is 1. The average molecular weight is 404 g/mol. The molecular weight excluding hydrogens is 383 g/mol. The Balaban J connectivity index is 0. The van der Waals surface area contributed by atoms with Crippen LogP contribution in [0.1, 0.15) is 19.8 Å². The van der Waals surface area contributed by atoms with Gasteiger partial charge in [0.1, 0.15) is 24.7 Å². The molecule has 0 bridgehead atoms. The summed E-state index contributed by atoms with van der Waals surface area (Å²) in [6.07, 6.45) is -1.70. The number of rotatable bonds is 11. The first-order chi connectivity index (χ1) is 11.5. The minimum absolute atomic E-state index is 0. The third-order valence-electron chi connectivity index (χ3n) is 2.80. The van der Waals surface area contributed by atoms with E-state index in [1.165, 1.54) is 6.92 Å². The van der Waals surface area contributed by atoms with Crippen LogP contribution in [0.3, 0.4) is 0 Å². The summed E-state index contributed by atoms with van der Waals surface area (Å²) in [5.41, 5.74) is 5.27. The Labute approximate surface area is 169 Å². The van der Waals surface area contributed by atoms with Gasteiger partial charge < -0.3 is 31.7 Å². The number of nitrogens with one attached hydrogen (secondary N) is 2. The van der Waals surface area contributed by atoms with Gasteiger partial charge in [-0.05, 0) is 13.3 Å². The monoisotopic (exact) mass is 403 g/mol. The molecule has 0 aromatic rings. The second-order valence-electron chi connectivity index (χ2n) is 5.02. The molecule has 1 unspecified atom stereocenters. The van der Waals surface area contributed by atoms with E-state index >= 15 is 0 Å². The molecule has 0 aliphatic carbocycles. The molecule has 0 spiro atoms. The van der Waals surface area contributed by atoms with E-state index in [4.69, 9.17) is 21.1 Å². The van der Waals surface area contributed by atoms with Gasteiger partial charge in [-0.15, -0.1) is 0 Å². The van der Waals surface area contributed by atoms with E-state index in [-0.39, 0.29) is 41.6 Å². The molecule has 0 aliphatic rings. The van der Waals surface area contributed by atoms with Crippen LogP contribution in [-0.2, 0) is 24.0 Å². The van der Waals surface area contributed by atoms with Crippen molar-refractivity contribution < 1.29 is 39.3 Å². The standard InChI is InChI=1S/C13H21N3O8S.Mg/c1-6(17)13(24)25-5-8(11(21)15-4-10(19)20)16-9(18)3-2-7(14)12(22)23;/h6-8,17H,2-5,14H2,1H3,(H,15,21)(H,16,18)(H,19,20)(H,22,23);/t6?,7-,8-;/m0./s1. The van der Waals surface area contributed by atoms with Gasteiger partial charge in [0.05, 0.1) is 0 Å². The van der Waals surface area contributed by atoms with E-state index in [1.54, 1.807) is 0 Å². The number of carbonyl (C=O) groups excluding carboxylic acids is 3. The minimum atomic E-state index is -1.29. The van der Waals surface area contributed by atoms with Crippen LogP contribution >= 0.6 is 11.8 Å². The zero-order valence-electron chi connectivity index (χ0n) is 14.1. The first-order valence-electron chi connectivity index (χ1n) is 7.16. The van der Waals surface area contributed by atoms with Crippen molar-refractivity contribution in [2.45, 2.75) is 38.0 Å². The van der Waals surface area contributed by atoms with Crippen LogP contribution in [0.4, 0.5) is 0 Å². The zero-order valence-corrected chi connectivity index (χ0v) is 16.4. The van der Waals surface area contributed by atoms with Crippen molar-refractivity contribution in [1.82, 2.24) is 10.6 Å². The van der Waals surface area contributed by atoms with E-state index in [2.05, 4.69) is 10.6 Å². The summed E-state index contributed by atoms with van der Waals surface area (Å²) >= 11 is 0.596. The van der Waals surface area contributed by atoms with E-state index in [0.717, 1.165) is 0 Å². The van der Waals surface area contributed by atoms with E-state index in [0.29, 0.717) is 11.8 Å². The minimum Gasteiger partial charge on any atom is -0.480 e. The number of amides is 2. The molecule has 0 aromatic heterocycles. The molecule has 144 valence electrons. The summed E-state index contributed by atoms with van der Waals surface area (Å²) in [5, 5.41) is 30.0. The number of nitrogens with two attached hydrogens (primary N) is 1. The van der Waals surface area contributed by atoms with E-state index < -0.39 is 53.6 Å². The largest absolute Gasteiger partial charge is 0.480 e. The number of aliphatic hydroxyl groups is 1. The molecule has 0 aromatic carbocycles. The molecule has 0 saturated carbocycles. The van der Waals surface area contributed by atoms with Gasteiger partial charge in [0, 0.05) is 35.2 Å². The molecular formula is C13H21MgN3O8S. The Morgan fingerprint density at radius 3 is 2.19 bits per heavy atom. The maximum Gasteiger partial charge on any atom is 0.322 e. The first kappa shape index (κ1) is 26.8. The Morgan fingerprint density at radius 2 is 1.73 bits per heavy atom. The third kappa shape index (κ3) is 12.0. The summed E-state index contributed by atoms with van der Waals surface area (Å²) in [5.74, 6) is -4.31. The maximum atomic E-state index is 11.9. The normalized spacial score (nSPS) is 13.5. The van der Waals surface area contributed by atoms with Gasteiger partial charge in [0.15, 0.2) is 0 Å². The average Bonchev–Trinajstić information content (AvgIpc) is 2.53. The van der Waals surface area contributed by atoms with Gasteiger partial charge in [0.2, 0.25) is 16.9 Å². The lowest BCUT2D eigenvalue weighted by atomic mass is 10.1. The van der Waals surface area contributed by atoms with E-state index in [9.17, 15) is 24.0 Å². The predicted octanol–water partition coefficient (Wildman–Crippen LogP) is -2.88. The number of carbonyl (C=O) groups is 5. The van der Waals surface area contributed by atoms with Crippen LogP contribution in [0, 0.1) is 0 Å². The number of aliphatic carboxylic acids is 2. The summed E-state index contributed by atoms with van der Waals surface area (Å²) in [7, 11) is 0. The summed E-state index contributed by atoms with van der Waals surface area (Å²) in [6, 6.07) is -2.48. The van der Waals surface area contributed by atoms with Gasteiger partial charge in [-0.25, -0.2) is 0 Å². The SMILES string of the molecule is CC(O)C(=O)SC[C@H](NC(=O)CC[C@H](N)C(=O)O)C(=O)NCC(=O)O.[Mg]. The van der Waals surface area contributed by atoms with Gasteiger partial charge in [-0.3, -0.25) is 24.0 Å².